The molecule has 0 saturated heterocycles. The van der Waals surface area contributed by atoms with Crippen molar-refractivity contribution >= 4 is 16.1 Å². The van der Waals surface area contributed by atoms with Gasteiger partial charge in [0.1, 0.15) is 0 Å². The topological polar surface area (TPSA) is 109 Å². The first kappa shape index (κ1) is 16.2. The number of nitrogens with two attached hydrogens (primary N) is 1. The predicted molar refractivity (Wildman–Crippen MR) is 66.3 cm³/mol. The first-order valence-electron chi connectivity index (χ1n) is 5.90. The fraction of sp³-hybridized carbons (Fsp3) is 0.900. The number of nitrogens with one attached hydrogen (secondary N) is 1. The third-order valence-corrected chi connectivity index (χ3v) is 3.18. The largest absolute Gasteiger partial charge is 0.352 e. The van der Waals surface area contributed by atoms with Gasteiger partial charge in [0.05, 0.1) is 5.75 Å². The van der Waals surface area contributed by atoms with E-state index < -0.39 is 16.1 Å². The molecule has 17 heavy (non-hydrogen) atoms. The van der Waals surface area contributed by atoms with Crippen LogP contribution in [0.25, 0.3) is 0 Å². The summed E-state index contributed by atoms with van der Waals surface area (Å²) in [6.07, 6.45) is 6.35. The molecule has 0 aliphatic rings. The molecule has 0 fully saturated rings. The van der Waals surface area contributed by atoms with Crippen LogP contribution in [-0.2, 0) is 10.1 Å². The Morgan fingerprint density at radius 1 is 1.00 bits per heavy atom. The Kier molecular flexibility index (Phi) is 8.79. The molecule has 102 valence electrons. The molecule has 4 N–H and O–H groups in total. The Morgan fingerprint density at radius 3 is 1.94 bits per heavy atom. The van der Waals surface area contributed by atoms with E-state index >= 15 is 0 Å². The molecule has 0 bridgehead atoms. The quantitative estimate of drug-likeness (QED) is 0.408. The summed E-state index contributed by atoms with van der Waals surface area (Å²) in [6.45, 7) is 0.609. The first-order chi connectivity index (χ1) is 7.92. The highest BCUT2D eigenvalue weighted by molar-refractivity contribution is 7.85. The van der Waals surface area contributed by atoms with Gasteiger partial charge in [-0.15, -0.1) is 0 Å². The van der Waals surface area contributed by atoms with Crippen molar-refractivity contribution in [2.24, 2.45) is 5.73 Å². The van der Waals surface area contributed by atoms with Crippen LogP contribution in [0, 0.1) is 0 Å². The average Bonchev–Trinajstić information content (AvgIpc) is 2.18. The van der Waals surface area contributed by atoms with Gasteiger partial charge < -0.3 is 11.1 Å². The minimum absolute atomic E-state index is 0.143. The third kappa shape index (κ3) is 15.2. The van der Waals surface area contributed by atoms with E-state index in [0.717, 1.165) is 38.5 Å². The fourth-order valence-corrected chi connectivity index (χ4v) is 2.07. The van der Waals surface area contributed by atoms with Crippen LogP contribution in [0.1, 0.15) is 44.9 Å². The molecule has 0 rings (SSSR count). The molecular formula is C10H22N2O4S. The van der Waals surface area contributed by atoms with Gasteiger partial charge >= 0.3 is 6.03 Å². The van der Waals surface area contributed by atoms with Crippen LogP contribution in [0.4, 0.5) is 4.79 Å². The zero-order valence-corrected chi connectivity index (χ0v) is 10.8. The van der Waals surface area contributed by atoms with Crippen LogP contribution in [0.3, 0.4) is 0 Å². The smallest absolute Gasteiger partial charge is 0.312 e. The molecule has 0 radical (unpaired) electrons. The van der Waals surface area contributed by atoms with E-state index in [1.54, 1.807) is 0 Å². The Labute approximate surface area is 103 Å². The standard InChI is InChI=1S/C10H22N2O4S/c11-10(13)12-8-6-4-2-1-3-5-7-9-17(14,15)16/h1-9H2,(H3,11,12,13)(H,14,15,16). The van der Waals surface area contributed by atoms with Crippen LogP contribution in [0.2, 0.25) is 0 Å². The van der Waals surface area contributed by atoms with Crippen molar-refractivity contribution in [3.63, 3.8) is 0 Å². The van der Waals surface area contributed by atoms with Crippen molar-refractivity contribution in [3.8, 4) is 0 Å². The van der Waals surface area contributed by atoms with E-state index in [0.29, 0.717) is 13.0 Å². The Morgan fingerprint density at radius 2 is 1.47 bits per heavy atom. The molecule has 6 nitrogen and oxygen atoms in total. The Hall–Kier alpha value is -0.820. The predicted octanol–water partition coefficient (Wildman–Crippen LogP) is 1.27. The summed E-state index contributed by atoms with van der Waals surface area (Å²) >= 11 is 0. The molecule has 0 aliphatic carbocycles. The monoisotopic (exact) mass is 266 g/mol. The average molecular weight is 266 g/mol. The van der Waals surface area contributed by atoms with Gasteiger partial charge in [-0.25, -0.2) is 4.79 Å². The maximum Gasteiger partial charge on any atom is 0.312 e. The minimum atomic E-state index is -3.79. The van der Waals surface area contributed by atoms with Gasteiger partial charge in [0.15, 0.2) is 0 Å². The van der Waals surface area contributed by atoms with E-state index in [-0.39, 0.29) is 5.75 Å². The molecule has 0 atom stereocenters. The molecule has 0 aliphatic heterocycles. The number of carbonyl (C=O) groups excluding carboxylic acids is 1. The number of rotatable bonds is 10. The number of unbranched alkanes of at least 4 members (excludes halogenated alkanes) is 6. The van der Waals surface area contributed by atoms with Crippen molar-refractivity contribution in [1.29, 1.82) is 0 Å². The van der Waals surface area contributed by atoms with E-state index in [1.807, 2.05) is 0 Å². The van der Waals surface area contributed by atoms with Crippen molar-refractivity contribution in [2.45, 2.75) is 44.9 Å². The van der Waals surface area contributed by atoms with Crippen molar-refractivity contribution in [2.75, 3.05) is 12.3 Å². The van der Waals surface area contributed by atoms with Gasteiger partial charge in [-0.3, -0.25) is 4.55 Å². The fourth-order valence-electron chi connectivity index (χ4n) is 1.50. The Balaban J connectivity index is 3.11. The second-order valence-corrected chi connectivity index (χ2v) is 5.62. The van der Waals surface area contributed by atoms with Crippen LogP contribution < -0.4 is 11.1 Å². The number of hydrogen-bond donors (Lipinski definition) is 3. The molecule has 0 saturated carbocycles. The highest BCUT2D eigenvalue weighted by Gasteiger charge is 2.02. The lowest BCUT2D eigenvalue weighted by atomic mass is 10.1. The summed E-state index contributed by atoms with van der Waals surface area (Å²) in [5.74, 6) is -0.143. The van der Waals surface area contributed by atoms with Gasteiger partial charge in [0.25, 0.3) is 10.1 Å². The molecular weight excluding hydrogens is 244 g/mol. The van der Waals surface area contributed by atoms with Crippen LogP contribution in [-0.4, -0.2) is 31.3 Å². The van der Waals surface area contributed by atoms with Crippen LogP contribution >= 0.6 is 0 Å². The zero-order chi connectivity index (χ0) is 13.1. The second kappa shape index (κ2) is 9.23. The van der Waals surface area contributed by atoms with Gasteiger partial charge in [0, 0.05) is 6.54 Å². The first-order valence-corrected chi connectivity index (χ1v) is 7.51. The highest BCUT2D eigenvalue weighted by atomic mass is 32.2. The Bertz CT molecular complexity index is 303. The number of primary amides is 1. The van der Waals surface area contributed by atoms with E-state index in [4.69, 9.17) is 10.3 Å². The van der Waals surface area contributed by atoms with Gasteiger partial charge in [-0.1, -0.05) is 32.1 Å². The summed E-state index contributed by atoms with van der Waals surface area (Å²) in [5.41, 5.74) is 4.90. The maximum atomic E-state index is 10.4. The minimum Gasteiger partial charge on any atom is -0.352 e. The molecule has 0 aromatic carbocycles. The summed E-state index contributed by atoms with van der Waals surface area (Å²) in [5, 5.41) is 2.52. The SMILES string of the molecule is NC(=O)NCCCCCCCCCS(=O)(=O)O. The van der Waals surface area contributed by atoms with Gasteiger partial charge in [0.2, 0.25) is 0 Å². The maximum absolute atomic E-state index is 10.4. The van der Waals surface area contributed by atoms with Gasteiger partial charge in [-0.2, -0.15) is 8.42 Å². The highest BCUT2D eigenvalue weighted by Crippen LogP contribution is 2.07. The summed E-state index contributed by atoms with van der Waals surface area (Å²) in [4.78, 5) is 10.3. The number of carbonyl (C=O) groups is 1. The molecule has 0 aromatic heterocycles. The van der Waals surface area contributed by atoms with Crippen molar-refractivity contribution in [1.82, 2.24) is 5.32 Å². The van der Waals surface area contributed by atoms with Crippen LogP contribution in [0.5, 0.6) is 0 Å². The van der Waals surface area contributed by atoms with E-state index in [2.05, 4.69) is 5.32 Å². The van der Waals surface area contributed by atoms with Crippen LogP contribution in [0.15, 0.2) is 0 Å². The lowest BCUT2D eigenvalue weighted by Gasteiger charge is -2.02. The third-order valence-electron chi connectivity index (χ3n) is 2.38. The number of amides is 2. The summed E-state index contributed by atoms with van der Waals surface area (Å²) in [6, 6.07) is -0.491. The number of urea groups is 1. The lowest BCUT2D eigenvalue weighted by molar-refractivity contribution is 0.248. The molecule has 0 aromatic rings. The van der Waals surface area contributed by atoms with Gasteiger partial charge in [-0.05, 0) is 12.8 Å². The van der Waals surface area contributed by atoms with E-state index in [9.17, 15) is 13.2 Å². The number of hydrogen-bond acceptors (Lipinski definition) is 3. The van der Waals surface area contributed by atoms with E-state index in [1.165, 1.54) is 0 Å². The zero-order valence-electron chi connectivity index (χ0n) is 10.0. The summed E-state index contributed by atoms with van der Waals surface area (Å²) < 4.78 is 29.3. The molecule has 7 heteroatoms. The molecule has 0 spiro atoms. The van der Waals surface area contributed by atoms with Crippen molar-refractivity contribution < 1.29 is 17.8 Å². The van der Waals surface area contributed by atoms with Crippen molar-refractivity contribution in [3.05, 3.63) is 0 Å². The molecule has 0 heterocycles. The lowest BCUT2D eigenvalue weighted by Crippen LogP contribution is -2.29. The second-order valence-electron chi connectivity index (χ2n) is 4.05. The molecule has 0 unspecified atom stereocenters. The summed E-state index contributed by atoms with van der Waals surface area (Å²) in [7, 11) is -3.79. The molecule has 2 amide bonds. The normalized spacial score (nSPS) is 11.4.